The van der Waals surface area contributed by atoms with Gasteiger partial charge in [-0.2, -0.15) is 0 Å². The van der Waals surface area contributed by atoms with Crippen LogP contribution in [-0.2, 0) is 17.7 Å². The molecule has 2 unspecified atom stereocenters. The summed E-state index contributed by atoms with van der Waals surface area (Å²) in [5, 5.41) is 3.40. The van der Waals surface area contributed by atoms with Crippen LogP contribution in [0.5, 0.6) is 0 Å². The van der Waals surface area contributed by atoms with Gasteiger partial charge in [-0.1, -0.05) is 48.5 Å². The second-order valence-electron chi connectivity index (χ2n) is 7.65. The molecule has 2 fully saturated rings. The predicted molar refractivity (Wildman–Crippen MR) is 129 cm³/mol. The normalized spacial score (nSPS) is 21.8. The molecule has 2 aromatic carbocycles. The molecule has 0 amide bonds. The molecular formula is C23H30FIN4O. The number of rotatable bonds is 5. The van der Waals surface area contributed by atoms with Crippen molar-refractivity contribution in [2.24, 2.45) is 4.99 Å². The lowest BCUT2D eigenvalue weighted by Gasteiger charge is -2.36. The quantitative estimate of drug-likeness (QED) is 0.371. The highest BCUT2D eigenvalue weighted by Crippen LogP contribution is 2.24. The molecule has 5 nitrogen and oxygen atoms in total. The Bertz CT molecular complexity index is 835. The molecule has 4 rings (SSSR count). The molecule has 2 atom stereocenters. The van der Waals surface area contributed by atoms with Gasteiger partial charge in [-0.05, 0) is 23.6 Å². The third-order valence-corrected chi connectivity index (χ3v) is 5.79. The van der Waals surface area contributed by atoms with Crippen molar-refractivity contribution in [1.29, 1.82) is 0 Å². The number of benzene rings is 2. The van der Waals surface area contributed by atoms with Crippen LogP contribution in [0.1, 0.15) is 11.1 Å². The molecule has 7 heteroatoms. The van der Waals surface area contributed by atoms with Crippen molar-refractivity contribution in [1.82, 2.24) is 15.1 Å². The van der Waals surface area contributed by atoms with Gasteiger partial charge in [0, 0.05) is 39.8 Å². The van der Waals surface area contributed by atoms with E-state index in [1.165, 1.54) is 11.6 Å². The van der Waals surface area contributed by atoms with Gasteiger partial charge >= 0.3 is 0 Å². The summed E-state index contributed by atoms with van der Waals surface area (Å²) in [6.45, 7) is 5.02. The minimum absolute atomic E-state index is 0. The molecule has 30 heavy (non-hydrogen) atoms. The fourth-order valence-electron chi connectivity index (χ4n) is 4.29. The minimum Gasteiger partial charge on any atom is -0.373 e. The Kier molecular flexibility index (Phi) is 8.47. The summed E-state index contributed by atoms with van der Waals surface area (Å²) >= 11 is 0. The van der Waals surface area contributed by atoms with Crippen molar-refractivity contribution < 1.29 is 9.13 Å². The number of guanidine groups is 1. The number of hydrogen-bond acceptors (Lipinski definition) is 3. The smallest absolute Gasteiger partial charge is 0.193 e. The van der Waals surface area contributed by atoms with E-state index < -0.39 is 0 Å². The lowest BCUT2D eigenvalue weighted by atomic mass is 10.1. The lowest BCUT2D eigenvalue weighted by Crippen LogP contribution is -2.50. The molecule has 0 spiro atoms. The average Bonchev–Trinajstić information content (AvgIpc) is 3.18. The summed E-state index contributed by atoms with van der Waals surface area (Å²) in [6.07, 6.45) is 0.820. The Morgan fingerprint density at radius 2 is 1.90 bits per heavy atom. The number of fused-ring (bicyclic) bond motifs is 1. The summed E-state index contributed by atoms with van der Waals surface area (Å²) in [7, 11) is 1.80. The molecule has 0 aromatic heterocycles. The van der Waals surface area contributed by atoms with Gasteiger partial charge in [-0.3, -0.25) is 9.89 Å². The molecule has 2 heterocycles. The molecule has 1 N–H and O–H groups in total. The molecule has 2 aromatic rings. The monoisotopic (exact) mass is 524 g/mol. The van der Waals surface area contributed by atoms with Gasteiger partial charge in [0.05, 0.1) is 18.8 Å². The summed E-state index contributed by atoms with van der Waals surface area (Å²) in [5.74, 6) is 0.709. The van der Waals surface area contributed by atoms with Crippen molar-refractivity contribution in [3.63, 3.8) is 0 Å². The van der Waals surface area contributed by atoms with Crippen LogP contribution in [0.4, 0.5) is 4.39 Å². The van der Waals surface area contributed by atoms with Crippen LogP contribution in [-0.4, -0.2) is 67.7 Å². The van der Waals surface area contributed by atoms with E-state index in [9.17, 15) is 4.39 Å². The number of nitrogens with zero attached hydrogens (tertiary/aromatic N) is 3. The van der Waals surface area contributed by atoms with Crippen LogP contribution in [0, 0.1) is 5.82 Å². The Hall–Kier alpha value is -1.71. The zero-order valence-electron chi connectivity index (χ0n) is 17.3. The molecule has 2 aliphatic rings. The molecular weight excluding hydrogens is 494 g/mol. The maximum absolute atomic E-state index is 13.8. The molecule has 0 saturated carbocycles. The van der Waals surface area contributed by atoms with Gasteiger partial charge in [0.2, 0.25) is 0 Å². The van der Waals surface area contributed by atoms with E-state index in [2.05, 4.69) is 50.4 Å². The highest BCUT2D eigenvalue weighted by atomic mass is 127. The zero-order chi connectivity index (χ0) is 20.1. The van der Waals surface area contributed by atoms with E-state index in [4.69, 9.17) is 4.74 Å². The van der Waals surface area contributed by atoms with Gasteiger partial charge in [0.1, 0.15) is 5.82 Å². The summed E-state index contributed by atoms with van der Waals surface area (Å²) < 4.78 is 19.9. The Morgan fingerprint density at radius 1 is 1.13 bits per heavy atom. The van der Waals surface area contributed by atoms with Crippen molar-refractivity contribution in [3.05, 3.63) is 71.5 Å². The maximum atomic E-state index is 13.8. The number of hydrogen-bond donors (Lipinski definition) is 1. The van der Waals surface area contributed by atoms with Crippen LogP contribution >= 0.6 is 24.0 Å². The first-order valence-electron chi connectivity index (χ1n) is 10.3. The van der Waals surface area contributed by atoms with Gasteiger partial charge in [0.25, 0.3) is 0 Å². The third kappa shape index (κ3) is 5.50. The van der Waals surface area contributed by atoms with Crippen LogP contribution in [0.15, 0.2) is 59.6 Å². The first-order valence-corrected chi connectivity index (χ1v) is 10.3. The van der Waals surface area contributed by atoms with E-state index in [0.29, 0.717) is 19.0 Å². The summed E-state index contributed by atoms with van der Waals surface area (Å²) in [5.41, 5.74) is 2.06. The number of ether oxygens (including phenoxy) is 1. The standard InChI is InChI=1S/C23H29FN4O.HI/c1-25-23(26-12-11-19-9-5-6-10-20(19)24)28-16-21-22(17-28)29-14-13-27(21)15-18-7-3-2-4-8-18;/h2-10,21-22H,11-17H2,1H3,(H,25,26);1H. The van der Waals surface area contributed by atoms with Gasteiger partial charge in [-0.25, -0.2) is 4.39 Å². The van der Waals surface area contributed by atoms with Crippen molar-refractivity contribution in [2.45, 2.75) is 25.1 Å². The molecule has 0 bridgehead atoms. The Balaban J connectivity index is 0.00000256. The van der Waals surface area contributed by atoms with Gasteiger partial charge < -0.3 is 15.0 Å². The second kappa shape index (κ2) is 11.1. The van der Waals surface area contributed by atoms with Crippen LogP contribution in [0.25, 0.3) is 0 Å². The zero-order valence-corrected chi connectivity index (χ0v) is 19.7. The first kappa shape index (κ1) is 23.0. The number of aliphatic imine (C=N–C) groups is 1. The lowest BCUT2D eigenvalue weighted by molar-refractivity contribution is -0.0502. The number of nitrogens with one attached hydrogen (secondary N) is 1. The fourth-order valence-corrected chi connectivity index (χ4v) is 4.29. The van der Waals surface area contributed by atoms with E-state index in [1.54, 1.807) is 13.1 Å². The van der Waals surface area contributed by atoms with E-state index in [-0.39, 0.29) is 35.9 Å². The van der Waals surface area contributed by atoms with Crippen LogP contribution in [0.3, 0.4) is 0 Å². The maximum Gasteiger partial charge on any atom is 0.193 e. The third-order valence-electron chi connectivity index (χ3n) is 5.79. The molecule has 162 valence electrons. The van der Waals surface area contributed by atoms with Gasteiger partial charge in [-0.15, -0.1) is 24.0 Å². The molecule has 0 radical (unpaired) electrons. The van der Waals surface area contributed by atoms with E-state index >= 15 is 0 Å². The van der Waals surface area contributed by atoms with E-state index in [0.717, 1.165) is 44.3 Å². The van der Waals surface area contributed by atoms with Crippen molar-refractivity contribution >= 4 is 29.9 Å². The summed E-state index contributed by atoms with van der Waals surface area (Å²) in [4.78, 5) is 9.24. The second-order valence-corrected chi connectivity index (χ2v) is 7.65. The minimum atomic E-state index is -0.151. The first-order chi connectivity index (χ1) is 14.2. The predicted octanol–water partition coefficient (Wildman–Crippen LogP) is 3.15. The number of morpholine rings is 1. The highest BCUT2D eigenvalue weighted by Gasteiger charge is 2.41. The number of halogens is 2. The van der Waals surface area contributed by atoms with Crippen molar-refractivity contribution in [3.8, 4) is 0 Å². The Labute approximate surface area is 195 Å². The van der Waals surface area contributed by atoms with Crippen molar-refractivity contribution in [2.75, 3.05) is 39.8 Å². The molecule has 0 aliphatic carbocycles. The Morgan fingerprint density at radius 3 is 2.67 bits per heavy atom. The van der Waals surface area contributed by atoms with Crippen LogP contribution in [0.2, 0.25) is 0 Å². The molecule has 2 saturated heterocycles. The van der Waals surface area contributed by atoms with Gasteiger partial charge in [0.15, 0.2) is 5.96 Å². The van der Waals surface area contributed by atoms with E-state index in [1.807, 2.05) is 12.1 Å². The number of likely N-dealkylation sites (tertiary alicyclic amines) is 1. The largest absolute Gasteiger partial charge is 0.373 e. The van der Waals surface area contributed by atoms with Crippen LogP contribution < -0.4 is 5.32 Å². The summed E-state index contributed by atoms with van der Waals surface area (Å²) in [6, 6.07) is 17.9. The molecule has 2 aliphatic heterocycles. The fraction of sp³-hybridized carbons (Fsp3) is 0.435. The highest BCUT2D eigenvalue weighted by molar-refractivity contribution is 14.0. The average molecular weight is 524 g/mol. The SMILES string of the molecule is CN=C(NCCc1ccccc1F)N1CC2OCCN(Cc3ccccc3)C2C1.I. The topological polar surface area (TPSA) is 40.1 Å².